The van der Waals surface area contributed by atoms with E-state index in [2.05, 4.69) is 10.2 Å². The van der Waals surface area contributed by atoms with Crippen LogP contribution in [0.5, 0.6) is 11.6 Å². The molecule has 0 aliphatic carbocycles. The summed E-state index contributed by atoms with van der Waals surface area (Å²) >= 11 is 0. The van der Waals surface area contributed by atoms with Gasteiger partial charge in [-0.25, -0.2) is 0 Å². The summed E-state index contributed by atoms with van der Waals surface area (Å²) in [4.78, 5) is 13.6. The molecule has 3 aromatic rings. The fourth-order valence-corrected chi connectivity index (χ4v) is 3.38. The highest BCUT2D eigenvalue weighted by atomic mass is 16.5. The van der Waals surface area contributed by atoms with E-state index in [0.29, 0.717) is 25.3 Å². The zero-order chi connectivity index (χ0) is 19.5. The molecule has 1 aromatic heterocycles. The molecule has 0 unspecified atom stereocenters. The minimum atomic E-state index is -0.673. The minimum absolute atomic E-state index is 0.0333. The Balaban J connectivity index is 1.68. The Hall–Kier alpha value is -3.23. The standard InChI is InChI=1S/C20H20N4O4/c25-17-8-4-2-6-15(17)19(26)22-21-18-14-5-1-3-7-16(14)24(20(18)27)13-23-9-11-28-12-10-23/h1-8,25,27H,9-13H2/p+1. The molecule has 0 radical (unpaired) electrons. The third kappa shape index (κ3) is 3.47. The van der Waals surface area contributed by atoms with E-state index in [1.807, 2.05) is 24.3 Å². The number of phenolic OH excluding ortho intramolecular Hbond substituents is 1. The second-order valence-corrected chi connectivity index (χ2v) is 6.66. The third-order valence-corrected chi connectivity index (χ3v) is 4.87. The van der Waals surface area contributed by atoms with Crippen LogP contribution in [0, 0.1) is 0 Å². The van der Waals surface area contributed by atoms with Gasteiger partial charge in [0.05, 0.1) is 24.3 Å². The zero-order valence-electron chi connectivity index (χ0n) is 15.2. The third-order valence-electron chi connectivity index (χ3n) is 4.87. The van der Waals surface area contributed by atoms with Gasteiger partial charge in [0.25, 0.3) is 5.91 Å². The summed E-state index contributed by atoms with van der Waals surface area (Å²) < 4.78 is 7.18. The van der Waals surface area contributed by atoms with Crippen LogP contribution in [0.3, 0.4) is 0 Å². The summed E-state index contributed by atoms with van der Waals surface area (Å²) in [6, 6.07) is 13.6. The molecule has 0 spiro atoms. The summed E-state index contributed by atoms with van der Waals surface area (Å²) in [6.07, 6.45) is 0. The Bertz CT molecular complexity index is 1040. The second kappa shape index (κ2) is 7.79. The lowest BCUT2D eigenvalue weighted by atomic mass is 10.2. The van der Waals surface area contributed by atoms with E-state index in [1.165, 1.54) is 17.0 Å². The number of fused-ring (bicyclic) bond motifs is 1. The monoisotopic (exact) mass is 381 g/mol. The Morgan fingerprint density at radius 1 is 1.07 bits per heavy atom. The van der Waals surface area contributed by atoms with Crippen LogP contribution in [0.25, 0.3) is 10.9 Å². The predicted molar refractivity (Wildman–Crippen MR) is 102 cm³/mol. The van der Waals surface area contributed by atoms with Gasteiger partial charge in [-0.1, -0.05) is 30.3 Å². The number of aromatic hydroxyl groups is 2. The van der Waals surface area contributed by atoms with E-state index >= 15 is 0 Å². The van der Waals surface area contributed by atoms with Crippen LogP contribution in [0.1, 0.15) is 10.4 Å². The van der Waals surface area contributed by atoms with Crippen molar-refractivity contribution in [3.8, 4) is 11.6 Å². The van der Waals surface area contributed by atoms with E-state index in [-0.39, 0.29) is 22.9 Å². The van der Waals surface area contributed by atoms with Gasteiger partial charge in [-0.2, -0.15) is 0 Å². The number of benzene rings is 2. The van der Waals surface area contributed by atoms with Gasteiger partial charge < -0.3 is 19.8 Å². The number of nitrogens with one attached hydrogen (secondary N) is 1. The summed E-state index contributed by atoms with van der Waals surface area (Å²) in [6.45, 7) is 3.66. The molecule has 3 N–H and O–H groups in total. The van der Waals surface area contributed by atoms with Crippen LogP contribution in [0.4, 0.5) is 5.69 Å². The summed E-state index contributed by atoms with van der Waals surface area (Å²) in [5.41, 5.74) is 1.13. The van der Waals surface area contributed by atoms with Crippen molar-refractivity contribution in [3.05, 3.63) is 54.1 Å². The number of phenols is 1. The fourth-order valence-electron chi connectivity index (χ4n) is 3.38. The molecule has 1 saturated heterocycles. The molecule has 0 saturated carbocycles. The lowest BCUT2D eigenvalue weighted by Crippen LogP contribution is -3.13. The molecule has 2 aromatic carbocycles. The molecule has 1 fully saturated rings. The second-order valence-electron chi connectivity index (χ2n) is 6.66. The largest absolute Gasteiger partial charge is 0.507 e. The van der Waals surface area contributed by atoms with Crippen molar-refractivity contribution < 1.29 is 24.6 Å². The van der Waals surface area contributed by atoms with E-state index in [0.717, 1.165) is 18.6 Å². The first kappa shape index (κ1) is 18.1. The van der Waals surface area contributed by atoms with Crippen molar-refractivity contribution in [1.29, 1.82) is 0 Å². The van der Waals surface area contributed by atoms with Gasteiger partial charge in [0.2, 0.25) is 5.88 Å². The highest BCUT2D eigenvalue weighted by Crippen LogP contribution is 2.38. The van der Waals surface area contributed by atoms with Gasteiger partial charge in [0, 0.05) is 5.39 Å². The van der Waals surface area contributed by atoms with Gasteiger partial charge in [-0.3, -0.25) is 9.36 Å². The first-order valence-corrected chi connectivity index (χ1v) is 9.10. The molecule has 0 atom stereocenters. The number of azo groups is 1. The van der Waals surface area contributed by atoms with E-state index in [9.17, 15) is 15.0 Å². The summed E-state index contributed by atoms with van der Waals surface area (Å²) in [5, 5.41) is 29.0. The molecule has 4 rings (SSSR count). The first-order valence-electron chi connectivity index (χ1n) is 9.10. The molecule has 2 heterocycles. The molecule has 8 nitrogen and oxygen atoms in total. The molecule has 0 bridgehead atoms. The SMILES string of the molecule is O=C(N=Nc1c(O)n(C[NH+]2CCOCC2)c2ccccc12)c1ccccc1O. The number of carbonyl (C=O) groups is 1. The van der Waals surface area contributed by atoms with Crippen LogP contribution < -0.4 is 4.90 Å². The number of carbonyl (C=O) groups excluding carboxylic acids is 1. The zero-order valence-corrected chi connectivity index (χ0v) is 15.2. The maximum Gasteiger partial charge on any atom is 0.299 e. The first-order chi connectivity index (χ1) is 13.6. The van der Waals surface area contributed by atoms with Crippen LogP contribution in [0.2, 0.25) is 0 Å². The smallest absolute Gasteiger partial charge is 0.299 e. The number of hydrogen-bond acceptors (Lipinski definition) is 5. The average molecular weight is 381 g/mol. The maximum absolute atomic E-state index is 12.3. The summed E-state index contributed by atoms with van der Waals surface area (Å²) in [5.74, 6) is -0.865. The number of aromatic nitrogens is 1. The van der Waals surface area contributed by atoms with Gasteiger partial charge in [0.15, 0.2) is 12.4 Å². The van der Waals surface area contributed by atoms with E-state index < -0.39 is 5.91 Å². The average Bonchev–Trinajstić information content (AvgIpc) is 2.99. The number of nitrogens with zero attached hydrogens (tertiary/aromatic N) is 3. The molecular formula is C20H21N4O4+. The number of para-hydroxylation sites is 2. The van der Waals surface area contributed by atoms with Crippen LogP contribution in [-0.4, -0.2) is 47.0 Å². The van der Waals surface area contributed by atoms with Crippen molar-refractivity contribution in [3.63, 3.8) is 0 Å². The van der Waals surface area contributed by atoms with Crippen LogP contribution >= 0.6 is 0 Å². The van der Waals surface area contributed by atoms with Crippen LogP contribution in [-0.2, 0) is 11.4 Å². The maximum atomic E-state index is 12.3. The minimum Gasteiger partial charge on any atom is -0.507 e. The molecular weight excluding hydrogens is 360 g/mol. The Morgan fingerprint density at radius 2 is 1.79 bits per heavy atom. The van der Waals surface area contributed by atoms with Gasteiger partial charge >= 0.3 is 0 Å². The van der Waals surface area contributed by atoms with Crippen LogP contribution in [0.15, 0.2) is 58.8 Å². The lowest BCUT2D eigenvalue weighted by molar-refractivity contribution is -0.930. The van der Waals surface area contributed by atoms with Gasteiger partial charge in [0.1, 0.15) is 18.8 Å². The van der Waals surface area contributed by atoms with Crippen molar-refractivity contribution in [2.75, 3.05) is 26.3 Å². The number of quaternary nitrogens is 1. The lowest BCUT2D eigenvalue weighted by Gasteiger charge is -2.24. The molecule has 144 valence electrons. The molecule has 1 amide bonds. The number of rotatable bonds is 4. The van der Waals surface area contributed by atoms with Gasteiger partial charge in [-0.05, 0) is 18.2 Å². The van der Waals surface area contributed by atoms with Crippen molar-refractivity contribution in [1.82, 2.24) is 4.57 Å². The fraction of sp³-hybridized carbons (Fsp3) is 0.250. The Morgan fingerprint density at radius 3 is 2.57 bits per heavy atom. The molecule has 1 aliphatic rings. The number of morpholine rings is 1. The quantitative estimate of drug-likeness (QED) is 0.601. The van der Waals surface area contributed by atoms with Crippen molar-refractivity contribution in [2.24, 2.45) is 10.2 Å². The number of ether oxygens (including phenoxy) is 1. The molecule has 1 aliphatic heterocycles. The molecule has 8 heteroatoms. The normalized spacial score (nSPS) is 15.4. The number of amides is 1. The Labute approximate surface area is 161 Å². The highest BCUT2D eigenvalue weighted by Gasteiger charge is 2.22. The topological polar surface area (TPSA) is 101 Å². The Kier molecular flexibility index (Phi) is 5.05. The van der Waals surface area contributed by atoms with Crippen molar-refractivity contribution >= 4 is 22.5 Å². The number of hydrogen-bond donors (Lipinski definition) is 3. The van der Waals surface area contributed by atoms with Crippen molar-refractivity contribution in [2.45, 2.75) is 6.67 Å². The van der Waals surface area contributed by atoms with Gasteiger partial charge in [-0.15, -0.1) is 10.2 Å². The molecule has 28 heavy (non-hydrogen) atoms. The predicted octanol–water partition coefficient (Wildman–Crippen LogP) is 1.85. The highest BCUT2D eigenvalue weighted by molar-refractivity contribution is 5.98. The summed E-state index contributed by atoms with van der Waals surface area (Å²) in [7, 11) is 0. The van der Waals surface area contributed by atoms with E-state index in [1.54, 1.807) is 16.7 Å². The van der Waals surface area contributed by atoms with E-state index in [4.69, 9.17) is 4.74 Å².